The lowest BCUT2D eigenvalue weighted by Crippen LogP contribution is -1.72. The third kappa shape index (κ3) is 1.82. The molecular formula is C9H7FN4. The Morgan fingerprint density at radius 1 is 1.21 bits per heavy atom. The molecule has 0 bridgehead atoms. The number of aromatic amines is 1. The van der Waals surface area contributed by atoms with Crippen LogP contribution in [0, 0.1) is 5.82 Å². The summed E-state index contributed by atoms with van der Waals surface area (Å²) in [5.41, 5.74) is 0.198. The van der Waals surface area contributed by atoms with E-state index in [4.69, 9.17) is 0 Å². The topological polar surface area (TPSA) is 53.4 Å². The van der Waals surface area contributed by atoms with Gasteiger partial charge in [0.25, 0.3) is 0 Å². The normalized spacial score (nSPS) is 10.9. The minimum Gasteiger partial charge on any atom is -0.328 e. The number of rotatable bonds is 2. The Morgan fingerprint density at radius 2 is 2.07 bits per heavy atom. The van der Waals surface area contributed by atoms with Gasteiger partial charge in [-0.3, -0.25) is 0 Å². The van der Waals surface area contributed by atoms with Crippen LogP contribution in [0.4, 0.5) is 16.0 Å². The molecule has 4 nitrogen and oxygen atoms in total. The number of benzene rings is 1. The quantitative estimate of drug-likeness (QED) is 0.727. The van der Waals surface area contributed by atoms with E-state index in [1.54, 1.807) is 30.6 Å². The van der Waals surface area contributed by atoms with E-state index in [-0.39, 0.29) is 5.69 Å². The zero-order chi connectivity index (χ0) is 9.80. The molecule has 1 aromatic carbocycles. The molecule has 5 heteroatoms. The smallest absolute Gasteiger partial charge is 0.246 e. The van der Waals surface area contributed by atoms with Crippen molar-refractivity contribution in [2.24, 2.45) is 10.2 Å². The number of H-pyrrole nitrogens is 1. The Morgan fingerprint density at radius 3 is 2.79 bits per heavy atom. The van der Waals surface area contributed by atoms with Gasteiger partial charge in [0, 0.05) is 12.4 Å². The van der Waals surface area contributed by atoms with Crippen LogP contribution >= 0.6 is 0 Å². The van der Waals surface area contributed by atoms with E-state index in [9.17, 15) is 4.39 Å². The fraction of sp³-hybridized carbons (Fsp3) is 0. The van der Waals surface area contributed by atoms with Gasteiger partial charge in [-0.15, -0.1) is 10.2 Å². The minimum absolute atomic E-state index is 0.198. The van der Waals surface area contributed by atoms with Gasteiger partial charge in [0.15, 0.2) is 5.82 Å². The van der Waals surface area contributed by atoms with Crippen LogP contribution in [0.2, 0.25) is 0 Å². The van der Waals surface area contributed by atoms with Gasteiger partial charge < -0.3 is 4.98 Å². The van der Waals surface area contributed by atoms with Crippen molar-refractivity contribution in [2.45, 2.75) is 0 Å². The molecule has 0 saturated heterocycles. The first kappa shape index (κ1) is 8.55. The van der Waals surface area contributed by atoms with E-state index >= 15 is 0 Å². The third-order valence-electron chi connectivity index (χ3n) is 1.59. The zero-order valence-electron chi connectivity index (χ0n) is 7.18. The van der Waals surface area contributed by atoms with Gasteiger partial charge in [0.05, 0.1) is 0 Å². The summed E-state index contributed by atoms with van der Waals surface area (Å²) >= 11 is 0. The lowest BCUT2D eigenvalue weighted by molar-refractivity contribution is 0.628. The van der Waals surface area contributed by atoms with Crippen LogP contribution in [-0.4, -0.2) is 9.97 Å². The van der Waals surface area contributed by atoms with E-state index < -0.39 is 5.82 Å². The van der Waals surface area contributed by atoms with Gasteiger partial charge in [0.1, 0.15) is 5.69 Å². The van der Waals surface area contributed by atoms with Crippen molar-refractivity contribution in [3.8, 4) is 0 Å². The summed E-state index contributed by atoms with van der Waals surface area (Å²) in [6.45, 7) is 0. The van der Waals surface area contributed by atoms with E-state index in [0.29, 0.717) is 5.95 Å². The van der Waals surface area contributed by atoms with E-state index in [2.05, 4.69) is 20.2 Å². The molecule has 1 N–H and O–H groups in total. The second-order valence-corrected chi connectivity index (χ2v) is 2.56. The number of imidazole rings is 1. The number of azo groups is 1. The molecule has 0 aliphatic heterocycles. The highest BCUT2D eigenvalue weighted by Gasteiger charge is 1.97. The average Bonchev–Trinajstić information content (AvgIpc) is 2.69. The number of nitrogens with zero attached hydrogens (tertiary/aromatic N) is 3. The summed E-state index contributed by atoms with van der Waals surface area (Å²) in [7, 11) is 0. The molecule has 0 aliphatic rings. The van der Waals surface area contributed by atoms with E-state index in [1.165, 1.54) is 6.07 Å². The van der Waals surface area contributed by atoms with Crippen molar-refractivity contribution < 1.29 is 4.39 Å². The largest absolute Gasteiger partial charge is 0.328 e. The van der Waals surface area contributed by atoms with Crippen molar-refractivity contribution in [3.05, 3.63) is 42.5 Å². The molecule has 0 fully saturated rings. The first-order valence-corrected chi connectivity index (χ1v) is 4.02. The fourth-order valence-electron chi connectivity index (χ4n) is 0.946. The Balaban J connectivity index is 2.23. The summed E-state index contributed by atoms with van der Waals surface area (Å²) < 4.78 is 13.0. The molecule has 1 heterocycles. The molecule has 0 unspecified atom stereocenters. The summed E-state index contributed by atoms with van der Waals surface area (Å²) in [5, 5.41) is 7.42. The number of aromatic nitrogens is 2. The maximum atomic E-state index is 13.0. The summed E-state index contributed by atoms with van der Waals surface area (Å²) in [4.78, 5) is 6.56. The van der Waals surface area contributed by atoms with Crippen molar-refractivity contribution in [3.63, 3.8) is 0 Å². The Hall–Kier alpha value is -2.04. The number of halogens is 1. The molecule has 0 amide bonds. The molecule has 0 saturated carbocycles. The maximum absolute atomic E-state index is 13.0. The van der Waals surface area contributed by atoms with Gasteiger partial charge in [-0.25, -0.2) is 9.37 Å². The molecule has 1 aromatic heterocycles. The third-order valence-corrected chi connectivity index (χ3v) is 1.59. The first-order chi connectivity index (χ1) is 6.86. The summed E-state index contributed by atoms with van der Waals surface area (Å²) in [5.74, 6) is -0.0453. The second kappa shape index (κ2) is 3.78. The average molecular weight is 190 g/mol. The van der Waals surface area contributed by atoms with Gasteiger partial charge in [-0.05, 0) is 12.1 Å². The maximum Gasteiger partial charge on any atom is 0.246 e. The SMILES string of the molecule is Fc1ccccc1/N=N/c1ncc[nH]1. The van der Waals surface area contributed by atoms with E-state index in [1.807, 2.05) is 0 Å². The lowest BCUT2D eigenvalue weighted by atomic mass is 10.3. The molecule has 0 atom stereocenters. The first-order valence-electron chi connectivity index (χ1n) is 4.02. The molecule has 0 radical (unpaired) electrons. The van der Waals surface area contributed by atoms with Gasteiger partial charge >= 0.3 is 0 Å². The second-order valence-electron chi connectivity index (χ2n) is 2.56. The van der Waals surface area contributed by atoms with Crippen LogP contribution in [-0.2, 0) is 0 Å². The molecule has 0 aliphatic carbocycles. The van der Waals surface area contributed by atoms with E-state index in [0.717, 1.165) is 0 Å². The molecular weight excluding hydrogens is 183 g/mol. The fourth-order valence-corrected chi connectivity index (χ4v) is 0.946. The molecule has 0 spiro atoms. The van der Waals surface area contributed by atoms with Crippen molar-refractivity contribution >= 4 is 11.6 Å². The standard InChI is InChI=1S/C9H7FN4/c10-7-3-1-2-4-8(7)13-14-9-11-5-6-12-9/h1-6H,(H,11,12)/b14-13+. The van der Waals surface area contributed by atoms with Gasteiger partial charge in [-0.2, -0.15) is 0 Å². The van der Waals surface area contributed by atoms with Crippen LogP contribution < -0.4 is 0 Å². The van der Waals surface area contributed by atoms with Gasteiger partial charge in [0.2, 0.25) is 5.95 Å². The van der Waals surface area contributed by atoms with Crippen molar-refractivity contribution in [1.29, 1.82) is 0 Å². The molecule has 2 rings (SSSR count). The summed E-state index contributed by atoms with van der Waals surface area (Å²) in [6.07, 6.45) is 3.17. The highest BCUT2D eigenvalue weighted by atomic mass is 19.1. The highest BCUT2D eigenvalue weighted by molar-refractivity contribution is 5.37. The number of nitrogens with one attached hydrogen (secondary N) is 1. The number of hydrogen-bond donors (Lipinski definition) is 1. The number of hydrogen-bond acceptors (Lipinski definition) is 3. The molecule has 14 heavy (non-hydrogen) atoms. The molecule has 70 valence electrons. The van der Waals surface area contributed by atoms with Gasteiger partial charge in [-0.1, -0.05) is 12.1 Å². The highest BCUT2D eigenvalue weighted by Crippen LogP contribution is 2.18. The predicted molar refractivity (Wildman–Crippen MR) is 49.2 cm³/mol. The molecule has 2 aromatic rings. The van der Waals surface area contributed by atoms with Crippen LogP contribution in [0.1, 0.15) is 0 Å². The summed E-state index contributed by atoms with van der Waals surface area (Å²) in [6, 6.07) is 6.17. The van der Waals surface area contributed by atoms with Crippen molar-refractivity contribution in [2.75, 3.05) is 0 Å². The van der Waals surface area contributed by atoms with Crippen molar-refractivity contribution in [1.82, 2.24) is 9.97 Å². The lowest BCUT2D eigenvalue weighted by Gasteiger charge is -1.91. The Kier molecular flexibility index (Phi) is 2.31. The predicted octanol–water partition coefficient (Wildman–Crippen LogP) is 2.96. The van der Waals surface area contributed by atoms with Crippen LogP contribution in [0.5, 0.6) is 0 Å². The van der Waals surface area contributed by atoms with Crippen LogP contribution in [0.3, 0.4) is 0 Å². The minimum atomic E-state index is -0.400. The van der Waals surface area contributed by atoms with Crippen LogP contribution in [0.15, 0.2) is 46.9 Å². The Labute approximate surface area is 79.5 Å². The zero-order valence-corrected chi connectivity index (χ0v) is 7.18. The monoisotopic (exact) mass is 190 g/mol. The van der Waals surface area contributed by atoms with Crippen LogP contribution in [0.25, 0.3) is 0 Å². The Bertz CT molecular complexity index is 436.